The van der Waals surface area contributed by atoms with E-state index in [9.17, 15) is 4.79 Å². The van der Waals surface area contributed by atoms with Crippen molar-refractivity contribution >= 4 is 11.3 Å². The summed E-state index contributed by atoms with van der Waals surface area (Å²) in [6.07, 6.45) is 4.52. The highest BCUT2D eigenvalue weighted by atomic mass is 32.1. The molecule has 4 heteroatoms. The summed E-state index contributed by atoms with van der Waals surface area (Å²) in [5.74, 6) is 0.530. The largest absolute Gasteiger partial charge is 0.314 e. The summed E-state index contributed by atoms with van der Waals surface area (Å²) in [6.45, 7) is 4.04. The van der Waals surface area contributed by atoms with Gasteiger partial charge in [-0.25, -0.2) is 0 Å². The zero-order valence-corrected chi connectivity index (χ0v) is 9.22. The van der Waals surface area contributed by atoms with Crippen LogP contribution in [0, 0.1) is 5.92 Å². The molecule has 1 heterocycles. The molecule has 1 aliphatic carbocycles. The molecule has 0 saturated heterocycles. The second kappa shape index (κ2) is 4.28. The molecule has 3 nitrogen and oxygen atoms in total. The monoisotopic (exact) mass is 212 g/mol. The van der Waals surface area contributed by atoms with Crippen LogP contribution in [0.1, 0.15) is 19.8 Å². The van der Waals surface area contributed by atoms with Gasteiger partial charge in [0, 0.05) is 24.2 Å². The fraction of sp³-hybridized carbons (Fsp3) is 0.700. The summed E-state index contributed by atoms with van der Waals surface area (Å²) in [7, 11) is 0. The third-order valence-electron chi connectivity index (χ3n) is 2.48. The van der Waals surface area contributed by atoms with Crippen LogP contribution in [0.5, 0.6) is 0 Å². The molecule has 1 unspecified atom stereocenters. The van der Waals surface area contributed by atoms with Crippen molar-refractivity contribution in [2.75, 3.05) is 6.54 Å². The summed E-state index contributed by atoms with van der Waals surface area (Å²) < 4.78 is 1.80. The zero-order valence-electron chi connectivity index (χ0n) is 8.40. The number of hydrogen-bond donors (Lipinski definition) is 1. The van der Waals surface area contributed by atoms with Crippen molar-refractivity contribution in [2.45, 2.75) is 32.4 Å². The van der Waals surface area contributed by atoms with Gasteiger partial charge in [-0.05, 0) is 25.3 Å². The van der Waals surface area contributed by atoms with Gasteiger partial charge in [-0.2, -0.15) is 0 Å². The molecule has 78 valence electrons. The predicted molar refractivity (Wildman–Crippen MR) is 58.8 cm³/mol. The standard InChI is InChI=1S/C10H16N2OS/c1-8(6-11-9-2-3-9)7-12-4-5-14-10(12)13/h4-5,8-9,11H,2-3,6-7H2,1H3. The number of nitrogens with one attached hydrogen (secondary N) is 1. The van der Waals surface area contributed by atoms with E-state index in [-0.39, 0.29) is 4.87 Å². The smallest absolute Gasteiger partial charge is 0.307 e. The third kappa shape index (κ3) is 2.69. The molecule has 1 aliphatic rings. The normalized spacial score (nSPS) is 18.4. The van der Waals surface area contributed by atoms with Gasteiger partial charge >= 0.3 is 4.87 Å². The van der Waals surface area contributed by atoms with Crippen LogP contribution in [-0.2, 0) is 6.54 Å². The Balaban J connectivity index is 1.78. The fourth-order valence-electron chi connectivity index (χ4n) is 1.48. The molecule has 1 saturated carbocycles. The van der Waals surface area contributed by atoms with Crippen LogP contribution in [0.2, 0.25) is 0 Å². The van der Waals surface area contributed by atoms with E-state index in [2.05, 4.69) is 12.2 Å². The first-order chi connectivity index (χ1) is 6.75. The molecular weight excluding hydrogens is 196 g/mol. The molecule has 1 aromatic rings. The number of thiazole rings is 1. The van der Waals surface area contributed by atoms with Crippen molar-refractivity contribution in [1.29, 1.82) is 0 Å². The first-order valence-corrected chi connectivity index (χ1v) is 6.01. The Hall–Kier alpha value is -0.610. The maximum atomic E-state index is 11.3. The van der Waals surface area contributed by atoms with Gasteiger partial charge in [-0.15, -0.1) is 0 Å². The molecular formula is C10H16N2OS. The van der Waals surface area contributed by atoms with Crippen molar-refractivity contribution in [3.63, 3.8) is 0 Å². The summed E-state index contributed by atoms with van der Waals surface area (Å²) in [6, 6.07) is 0.761. The number of nitrogens with zero attached hydrogens (tertiary/aromatic N) is 1. The fourth-order valence-corrected chi connectivity index (χ4v) is 2.08. The lowest BCUT2D eigenvalue weighted by Gasteiger charge is -2.12. The molecule has 0 radical (unpaired) electrons. The van der Waals surface area contributed by atoms with E-state index in [0.717, 1.165) is 19.1 Å². The van der Waals surface area contributed by atoms with Crippen molar-refractivity contribution in [3.05, 3.63) is 21.2 Å². The maximum Gasteiger partial charge on any atom is 0.307 e. The molecule has 0 spiro atoms. The maximum absolute atomic E-state index is 11.3. The van der Waals surface area contributed by atoms with Gasteiger partial charge < -0.3 is 9.88 Å². The van der Waals surface area contributed by atoms with Gasteiger partial charge in [0.15, 0.2) is 0 Å². The Morgan fingerprint density at radius 1 is 1.71 bits per heavy atom. The van der Waals surface area contributed by atoms with E-state index < -0.39 is 0 Å². The van der Waals surface area contributed by atoms with Crippen LogP contribution in [-0.4, -0.2) is 17.2 Å². The molecule has 0 bridgehead atoms. The highest BCUT2D eigenvalue weighted by molar-refractivity contribution is 7.07. The Labute approximate surface area is 87.8 Å². The minimum atomic E-state index is 0.156. The molecule has 2 rings (SSSR count). The van der Waals surface area contributed by atoms with E-state index in [0.29, 0.717) is 5.92 Å². The van der Waals surface area contributed by atoms with Crippen molar-refractivity contribution in [3.8, 4) is 0 Å². The van der Waals surface area contributed by atoms with Crippen LogP contribution in [0.3, 0.4) is 0 Å². The lowest BCUT2D eigenvalue weighted by molar-refractivity contribution is 0.441. The van der Waals surface area contributed by atoms with E-state index >= 15 is 0 Å². The number of hydrogen-bond acceptors (Lipinski definition) is 3. The van der Waals surface area contributed by atoms with E-state index in [1.807, 2.05) is 11.6 Å². The van der Waals surface area contributed by atoms with Gasteiger partial charge in [0.05, 0.1) is 0 Å². The van der Waals surface area contributed by atoms with Crippen LogP contribution >= 0.6 is 11.3 Å². The highest BCUT2D eigenvalue weighted by Crippen LogP contribution is 2.18. The molecule has 1 fully saturated rings. The quantitative estimate of drug-likeness (QED) is 0.798. The van der Waals surface area contributed by atoms with Gasteiger partial charge in [-0.3, -0.25) is 4.79 Å². The third-order valence-corrected chi connectivity index (χ3v) is 3.18. The number of aromatic nitrogens is 1. The minimum absolute atomic E-state index is 0.156. The first-order valence-electron chi connectivity index (χ1n) is 5.13. The highest BCUT2D eigenvalue weighted by Gasteiger charge is 2.20. The lowest BCUT2D eigenvalue weighted by atomic mass is 10.2. The molecule has 1 N–H and O–H groups in total. The van der Waals surface area contributed by atoms with Crippen LogP contribution in [0.15, 0.2) is 16.4 Å². The van der Waals surface area contributed by atoms with E-state index in [1.165, 1.54) is 24.2 Å². The SMILES string of the molecule is CC(CNC1CC1)Cn1ccsc1=O. The summed E-state index contributed by atoms with van der Waals surface area (Å²) in [5, 5.41) is 5.33. The summed E-state index contributed by atoms with van der Waals surface area (Å²) in [4.78, 5) is 11.4. The van der Waals surface area contributed by atoms with E-state index in [1.54, 1.807) is 4.57 Å². The molecule has 0 aromatic carbocycles. The summed E-state index contributed by atoms with van der Waals surface area (Å²) in [5.41, 5.74) is 0. The average molecular weight is 212 g/mol. The Bertz CT molecular complexity index is 340. The molecule has 0 aliphatic heterocycles. The van der Waals surface area contributed by atoms with Gasteiger partial charge in [-0.1, -0.05) is 18.3 Å². The Morgan fingerprint density at radius 2 is 2.50 bits per heavy atom. The first kappa shape index (κ1) is 9.93. The second-order valence-electron chi connectivity index (χ2n) is 4.11. The molecule has 1 atom stereocenters. The van der Waals surface area contributed by atoms with Crippen LogP contribution < -0.4 is 10.2 Å². The molecule has 14 heavy (non-hydrogen) atoms. The van der Waals surface area contributed by atoms with Gasteiger partial charge in [0.2, 0.25) is 0 Å². The Kier molecular flexibility index (Phi) is 3.03. The topological polar surface area (TPSA) is 34.0 Å². The van der Waals surface area contributed by atoms with Gasteiger partial charge in [0.25, 0.3) is 0 Å². The molecule has 0 amide bonds. The predicted octanol–water partition coefficient (Wildman–Crippen LogP) is 1.30. The number of rotatable bonds is 5. The van der Waals surface area contributed by atoms with Gasteiger partial charge in [0.1, 0.15) is 0 Å². The Morgan fingerprint density at radius 3 is 3.07 bits per heavy atom. The van der Waals surface area contributed by atoms with Crippen LogP contribution in [0.25, 0.3) is 0 Å². The van der Waals surface area contributed by atoms with Crippen LogP contribution in [0.4, 0.5) is 0 Å². The minimum Gasteiger partial charge on any atom is -0.314 e. The van der Waals surface area contributed by atoms with Crippen molar-refractivity contribution < 1.29 is 0 Å². The van der Waals surface area contributed by atoms with E-state index in [4.69, 9.17) is 0 Å². The van der Waals surface area contributed by atoms with Crippen molar-refractivity contribution in [1.82, 2.24) is 9.88 Å². The molecule has 1 aromatic heterocycles. The zero-order chi connectivity index (χ0) is 9.97. The average Bonchev–Trinajstić information content (AvgIpc) is 2.90. The summed E-state index contributed by atoms with van der Waals surface area (Å²) >= 11 is 1.27. The lowest BCUT2D eigenvalue weighted by Crippen LogP contribution is -2.27. The second-order valence-corrected chi connectivity index (χ2v) is 4.97. The van der Waals surface area contributed by atoms with Crippen molar-refractivity contribution in [2.24, 2.45) is 5.92 Å².